The molecule has 0 saturated carbocycles. The largest absolute Gasteiger partial charge is 0.491 e. The number of halogens is 1. The minimum Gasteiger partial charge on any atom is -0.491 e. The third kappa shape index (κ3) is 4.58. The van der Waals surface area contributed by atoms with Crippen LogP contribution in [0.5, 0.6) is 5.75 Å². The highest BCUT2D eigenvalue weighted by molar-refractivity contribution is 9.10. The fourth-order valence-corrected chi connectivity index (χ4v) is 4.12. The first-order valence-corrected chi connectivity index (χ1v) is 11.0. The molecule has 2 aromatic carbocycles. The summed E-state index contributed by atoms with van der Waals surface area (Å²) in [4.78, 5) is 0. The van der Waals surface area contributed by atoms with Gasteiger partial charge in [-0.1, -0.05) is 28.1 Å². The topological polar surface area (TPSA) is 32.6 Å². The van der Waals surface area contributed by atoms with E-state index in [2.05, 4.69) is 63.0 Å². The van der Waals surface area contributed by atoms with Gasteiger partial charge in [-0.05, 0) is 62.2 Å². The lowest BCUT2D eigenvalue weighted by molar-refractivity contribution is 0.0405. The van der Waals surface area contributed by atoms with E-state index in [9.17, 15) is 0 Å². The zero-order valence-electron chi connectivity index (χ0n) is 16.7. The number of fused-ring (bicyclic) bond motifs is 3. The lowest BCUT2D eigenvalue weighted by Crippen LogP contribution is -2.10. The number of nitrogens with zero attached hydrogens (tertiary/aromatic N) is 1. The second kappa shape index (κ2) is 9.61. The standard InChI is InChI=1S/C24H26BrNO3/c1-2-27-13-14-28-15-16-29-20-10-8-19(9-11-20)26-23-6-4-3-5-21(23)22-17-18(25)7-12-24(22)26/h3,5,7-12,17H,2,4,6,13-16H2,1H3. The van der Waals surface area contributed by atoms with Gasteiger partial charge in [-0.2, -0.15) is 0 Å². The van der Waals surface area contributed by atoms with E-state index in [-0.39, 0.29) is 0 Å². The van der Waals surface area contributed by atoms with Gasteiger partial charge in [-0.15, -0.1) is 0 Å². The second-order valence-corrected chi connectivity index (χ2v) is 7.87. The molecular weight excluding hydrogens is 430 g/mol. The minimum absolute atomic E-state index is 0.534. The highest BCUT2D eigenvalue weighted by Crippen LogP contribution is 2.35. The molecule has 152 valence electrons. The third-order valence-corrected chi connectivity index (χ3v) is 5.56. The van der Waals surface area contributed by atoms with Gasteiger partial charge in [0.15, 0.2) is 0 Å². The van der Waals surface area contributed by atoms with Crippen molar-refractivity contribution in [3.05, 3.63) is 64.3 Å². The van der Waals surface area contributed by atoms with Crippen molar-refractivity contribution in [1.82, 2.24) is 4.57 Å². The maximum Gasteiger partial charge on any atom is 0.119 e. The Balaban J connectivity index is 1.48. The monoisotopic (exact) mass is 455 g/mol. The predicted molar refractivity (Wildman–Crippen MR) is 121 cm³/mol. The Morgan fingerprint density at radius 2 is 1.76 bits per heavy atom. The molecule has 0 aliphatic heterocycles. The van der Waals surface area contributed by atoms with Crippen LogP contribution in [0.3, 0.4) is 0 Å². The van der Waals surface area contributed by atoms with Gasteiger partial charge >= 0.3 is 0 Å². The molecule has 1 aliphatic rings. The average Bonchev–Trinajstić information content (AvgIpc) is 3.07. The highest BCUT2D eigenvalue weighted by Gasteiger charge is 2.18. The summed E-state index contributed by atoms with van der Waals surface area (Å²) in [5.41, 5.74) is 5.10. The molecule has 29 heavy (non-hydrogen) atoms. The van der Waals surface area contributed by atoms with Crippen LogP contribution in [0.2, 0.25) is 0 Å². The van der Waals surface area contributed by atoms with Gasteiger partial charge in [0.2, 0.25) is 0 Å². The van der Waals surface area contributed by atoms with Crippen LogP contribution in [0.1, 0.15) is 24.6 Å². The molecule has 1 aliphatic carbocycles. The molecule has 0 N–H and O–H groups in total. The Morgan fingerprint density at radius 1 is 0.966 bits per heavy atom. The van der Waals surface area contributed by atoms with Crippen LogP contribution in [0.15, 0.2) is 53.0 Å². The molecule has 3 aromatic rings. The van der Waals surface area contributed by atoms with Crippen LogP contribution in [0, 0.1) is 0 Å². The van der Waals surface area contributed by atoms with Crippen molar-refractivity contribution in [2.75, 3.05) is 33.0 Å². The molecule has 0 fully saturated rings. The number of ether oxygens (including phenoxy) is 3. The van der Waals surface area contributed by atoms with Crippen molar-refractivity contribution in [2.24, 2.45) is 0 Å². The molecule has 0 unspecified atom stereocenters. The molecule has 1 aromatic heterocycles. The predicted octanol–water partition coefficient (Wildman–Crippen LogP) is 5.78. The average molecular weight is 456 g/mol. The Hall–Kier alpha value is -2.08. The summed E-state index contributed by atoms with van der Waals surface area (Å²) in [5.74, 6) is 0.857. The molecule has 0 atom stereocenters. The molecule has 0 spiro atoms. The number of benzene rings is 2. The maximum absolute atomic E-state index is 5.81. The highest BCUT2D eigenvalue weighted by atomic mass is 79.9. The molecule has 0 bridgehead atoms. The molecule has 4 nitrogen and oxygen atoms in total. The van der Waals surface area contributed by atoms with Crippen LogP contribution < -0.4 is 4.74 Å². The minimum atomic E-state index is 0.534. The van der Waals surface area contributed by atoms with E-state index in [4.69, 9.17) is 14.2 Å². The normalized spacial score (nSPS) is 13.0. The zero-order valence-corrected chi connectivity index (χ0v) is 18.3. The quantitative estimate of drug-likeness (QED) is 0.383. The van der Waals surface area contributed by atoms with Crippen LogP contribution in [0.4, 0.5) is 0 Å². The van der Waals surface area contributed by atoms with Gasteiger partial charge < -0.3 is 18.8 Å². The molecule has 1 heterocycles. The zero-order chi connectivity index (χ0) is 20.1. The third-order valence-electron chi connectivity index (χ3n) is 5.07. The number of hydrogen-bond acceptors (Lipinski definition) is 3. The van der Waals surface area contributed by atoms with E-state index >= 15 is 0 Å². The molecule has 0 amide bonds. The summed E-state index contributed by atoms with van der Waals surface area (Å²) >= 11 is 3.62. The lowest BCUT2D eigenvalue weighted by Gasteiger charge is -2.14. The Labute approximate surface area is 180 Å². The van der Waals surface area contributed by atoms with Gasteiger partial charge in [-0.25, -0.2) is 0 Å². The van der Waals surface area contributed by atoms with E-state index in [1.807, 2.05) is 19.1 Å². The number of hydrogen-bond donors (Lipinski definition) is 0. The van der Waals surface area contributed by atoms with E-state index in [1.54, 1.807) is 0 Å². The Morgan fingerprint density at radius 3 is 2.59 bits per heavy atom. The van der Waals surface area contributed by atoms with Crippen LogP contribution in [-0.4, -0.2) is 37.6 Å². The number of rotatable bonds is 9. The Kier molecular flexibility index (Phi) is 6.70. The van der Waals surface area contributed by atoms with Gasteiger partial charge in [0.1, 0.15) is 12.4 Å². The summed E-state index contributed by atoms with van der Waals surface area (Å²) in [5, 5.41) is 1.29. The lowest BCUT2D eigenvalue weighted by atomic mass is 10.0. The smallest absolute Gasteiger partial charge is 0.119 e. The van der Waals surface area contributed by atoms with Crippen molar-refractivity contribution in [3.8, 4) is 11.4 Å². The van der Waals surface area contributed by atoms with Gasteiger partial charge in [0.25, 0.3) is 0 Å². The number of allylic oxidation sites excluding steroid dienone is 1. The van der Waals surface area contributed by atoms with E-state index in [1.165, 1.54) is 22.2 Å². The molecule has 0 saturated heterocycles. The second-order valence-electron chi connectivity index (χ2n) is 6.95. The summed E-state index contributed by atoms with van der Waals surface area (Å²) < 4.78 is 20.0. The van der Waals surface area contributed by atoms with Crippen molar-refractivity contribution in [2.45, 2.75) is 19.8 Å². The maximum atomic E-state index is 5.81. The molecule has 4 rings (SSSR count). The molecular formula is C24H26BrNO3. The van der Waals surface area contributed by atoms with E-state index in [0.29, 0.717) is 26.4 Å². The van der Waals surface area contributed by atoms with Crippen molar-refractivity contribution in [3.63, 3.8) is 0 Å². The van der Waals surface area contributed by atoms with Crippen molar-refractivity contribution < 1.29 is 14.2 Å². The fourth-order valence-electron chi connectivity index (χ4n) is 3.76. The fraction of sp³-hybridized carbons (Fsp3) is 0.333. The van der Waals surface area contributed by atoms with Crippen LogP contribution >= 0.6 is 15.9 Å². The van der Waals surface area contributed by atoms with Gasteiger partial charge in [0, 0.05) is 33.4 Å². The first-order chi connectivity index (χ1) is 14.3. The van der Waals surface area contributed by atoms with E-state index in [0.717, 1.165) is 35.4 Å². The van der Waals surface area contributed by atoms with Crippen LogP contribution in [0.25, 0.3) is 22.7 Å². The van der Waals surface area contributed by atoms with Crippen molar-refractivity contribution in [1.29, 1.82) is 0 Å². The van der Waals surface area contributed by atoms with Gasteiger partial charge in [0.05, 0.1) is 25.3 Å². The Bertz CT molecular complexity index is 992. The molecule has 0 radical (unpaired) electrons. The first-order valence-electron chi connectivity index (χ1n) is 10.2. The first kappa shape index (κ1) is 20.2. The summed E-state index contributed by atoms with van der Waals surface area (Å²) in [6.45, 7) is 5.03. The summed E-state index contributed by atoms with van der Waals surface area (Å²) in [6.07, 6.45) is 6.65. The summed E-state index contributed by atoms with van der Waals surface area (Å²) in [6, 6.07) is 14.8. The molecule has 5 heteroatoms. The number of aromatic nitrogens is 1. The van der Waals surface area contributed by atoms with Crippen LogP contribution in [-0.2, 0) is 15.9 Å². The van der Waals surface area contributed by atoms with Crippen molar-refractivity contribution >= 4 is 32.9 Å². The van der Waals surface area contributed by atoms with Gasteiger partial charge in [-0.3, -0.25) is 0 Å². The van der Waals surface area contributed by atoms with E-state index < -0.39 is 0 Å². The SMILES string of the molecule is CCOCCOCCOc1ccc(-n2c3c(c4cc(Br)ccc42)C=CCC3)cc1. The summed E-state index contributed by atoms with van der Waals surface area (Å²) in [7, 11) is 0.